The molecule has 0 fully saturated rings. The standard InChI is InChI=1S/C19H15Cl2N7O2/c20-13-2-1-3-14(21)18(13)27-8-15(17(26-27)19(22)30)25-11-4-6-12(7-5-11)28-16(9-29)23-10-24-28/h1-8,10,25,29H,9H2,(H2,22,30). The van der Waals surface area contributed by atoms with E-state index in [0.717, 1.165) is 5.69 Å². The van der Waals surface area contributed by atoms with Crippen LogP contribution in [0, 0.1) is 0 Å². The van der Waals surface area contributed by atoms with Gasteiger partial charge in [-0.15, -0.1) is 0 Å². The SMILES string of the molecule is NC(=O)c1nn(-c2c(Cl)cccc2Cl)cc1Nc1ccc(-n2ncnc2CO)cc1. The van der Waals surface area contributed by atoms with Crippen LogP contribution in [0.15, 0.2) is 55.0 Å². The van der Waals surface area contributed by atoms with Crippen LogP contribution in [0.3, 0.4) is 0 Å². The quantitative estimate of drug-likeness (QED) is 0.420. The molecular weight excluding hydrogens is 429 g/mol. The van der Waals surface area contributed by atoms with Crippen molar-refractivity contribution in [1.82, 2.24) is 24.5 Å². The molecule has 0 radical (unpaired) electrons. The molecule has 0 saturated carbocycles. The minimum absolute atomic E-state index is 0.0360. The minimum atomic E-state index is -0.703. The molecule has 0 saturated heterocycles. The van der Waals surface area contributed by atoms with Gasteiger partial charge in [-0.1, -0.05) is 29.3 Å². The largest absolute Gasteiger partial charge is 0.388 e. The fourth-order valence-corrected chi connectivity index (χ4v) is 3.47. The number of anilines is 2. The van der Waals surface area contributed by atoms with Gasteiger partial charge in [0.1, 0.15) is 18.6 Å². The van der Waals surface area contributed by atoms with Crippen molar-refractivity contribution < 1.29 is 9.90 Å². The summed E-state index contributed by atoms with van der Waals surface area (Å²) in [6.45, 7) is -0.230. The number of primary amides is 1. The van der Waals surface area contributed by atoms with Crippen LogP contribution in [0.5, 0.6) is 0 Å². The number of aromatic nitrogens is 5. The molecular formula is C19H15Cl2N7O2. The van der Waals surface area contributed by atoms with E-state index in [2.05, 4.69) is 20.5 Å². The summed E-state index contributed by atoms with van der Waals surface area (Å²) in [5.74, 6) is -0.282. The molecule has 0 spiro atoms. The van der Waals surface area contributed by atoms with Crippen molar-refractivity contribution in [1.29, 1.82) is 0 Å². The van der Waals surface area contributed by atoms with Crippen LogP contribution >= 0.6 is 23.2 Å². The lowest BCUT2D eigenvalue weighted by Gasteiger charge is -2.08. The Hall–Kier alpha value is -3.40. The number of nitrogens with two attached hydrogens (primary N) is 1. The fourth-order valence-electron chi connectivity index (χ4n) is 2.90. The van der Waals surface area contributed by atoms with Gasteiger partial charge in [-0.25, -0.2) is 14.3 Å². The Balaban J connectivity index is 1.66. The lowest BCUT2D eigenvalue weighted by atomic mass is 10.2. The molecule has 11 heteroatoms. The number of hydrogen-bond donors (Lipinski definition) is 3. The fraction of sp³-hybridized carbons (Fsp3) is 0.0526. The van der Waals surface area contributed by atoms with E-state index in [1.54, 1.807) is 48.7 Å². The van der Waals surface area contributed by atoms with Crippen LogP contribution in [0.4, 0.5) is 11.4 Å². The number of benzene rings is 2. The summed E-state index contributed by atoms with van der Waals surface area (Å²) < 4.78 is 2.93. The van der Waals surface area contributed by atoms with E-state index in [-0.39, 0.29) is 12.3 Å². The van der Waals surface area contributed by atoms with Crippen LogP contribution in [-0.4, -0.2) is 35.6 Å². The Kier molecular flexibility index (Phi) is 5.40. The van der Waals surface area contributed by atoms with Gasteiger partial charge in [0.25, 0.3) is 5.91 Å². The smallest absolute Gasteiger partial charge is 0.271 e. The lowest BCUT2D eigenvalue weighted by Crippen LogP contribution is -2.14. The highest BCUT2D eigenvalue weighted by Gasteiger charge is 2.18. The third-order valence-corrected chi connectivity index (χ3v) is 4.87. The highest BCUT2D eigenvalue weighted by atomic mass is 35.5. The minimum Gasteiger partial charge on any atom is -0.388 e. The van der Waals surface area contributed by atoms with Crippen molar-refractivity contribution in [2.24, 2.45) is 5.73 Å². The predicted octanol–water partition coefficient (Wildman–Crippen LogP) is 3.09. The van der Waals surface area contributed by atoms with Crippen LogP contribution in [-0.2, 0) is 6.61 Å². The number of carbonyl (C=O) groups is 1. The predicted molar refractivity (Wildman–Crippen MR) is 113 cm³/mol. The molecule has 9 nitrogen and oxygen atoms in total. The first kappa shape index (κ1) is 19.9. The molecule has 30 heavy (non-hydrogen) atoms. The zero-order chi connectivity index (χ0) is 21.3. The lowest BCUT2D eigenvalue weighted by molar-refractivity contribution is 0.0996. The molecule has 4 rings (SSSR count). The summed E-state index contributed by atoms with van der Waals surface area (Å²) >= 11 is 12.5. The van der Waals surface area contributed by atoms with Gasteiger partial charge in [0.05, 0.1) is 27.6 Å². The van der Waals surface area contributed by atoms with Gasteiger partial charge >= 0.3 is 0 Å². The summed E-state index contributed by atoms with van der Waals surface area (Å²) in [7, 11) is 0. The average Bonchev–Trinajstić information content (AvgIpc) is 3.36. The number of aliphatic hydroxyl groups is 1. The van der Waals surface area contributed by atoms with Gasteiger partial charge in [0.2, 0.25) is 0 Å². The second-order valence-corrected chi connectivity index (χ2v) is 7.00. The van der Waals surface area contributed by atoms with Gasteiger partial charge < -0.3 is 16.2 Å². The number of carbonyl (C=O) groups excluding carboxylic acids is 1. The molecule has 0 aliphatic rings. The maximum Gasteiger partial charge on any atom is 0.271 e. The topological polar surface area (TPSA) is 124 Å². The van der Waals surface area contributed by atoms with Gasteiger partial charge in [-0.2, -0.15) is 10.2 Å². The first-order valence-corrected chi connectivity index (χ1v) is 9.44. The summed E-state index contributed by atoms with van der Waals surface area (Å²) in [4.78, 5) is 15.9. The zero-order valence-corrected chi connectivity index (χ0v) is 16.8. The molecule has 0 unspecified atom stereocenters. The first-order chi connectivity index (χ1) is 14.5. The second-order valence-electron chi connectivity index (χ2n) is 6.19. The van der Waals surface area contributed by atoms with Gasteiger partial charge in [0, 0.05) is 5.69 Å². The van der Waals surface area contributed by atoms with Gasteiger partial charge in [0.15, 0.2) is 11.5 Å². The van der Waals surface area contributed by atoms with Crippen molar-refractivity contribution in [2.45, 2.75) is 6.61 Å². The van der Waals surface area contributed by atoms with Crippen molar-refractivity contribution in [3.05, 3.63) is 76.6 Å². The molecule has 1 amide bonds. The summed E-state index contributed by atoms with van der Waals surface area (Å²) in [5, 5.41) is 21.5. The Labute approximate surface area is 180 Å². The number of amides is 1. The summed E-state index contributed by atoms with van der Waals surface area (Å²) in [6.07, 6.45) is 2.95. The van der Waals surface area contributed by atoms with Crippen LogP contribution in [0.1, 0.15) is 16.3 Å². The van der Waals surface area contributed by atoms with Crippen molar-refractivity contribution in [2.75, 3.05) is 5.32 Å². The normalized spacial score (nSPS) is 10.9. The monoisotopic (exact) mass is 443 g/mol. The Morgan fingerprint density at radius 3 is 2.47 bits per heavy atom. The van der Waals surface area contributed by atoms with E-state index in [0.29, 0.717) is 32.9 Å². The van der Waals surface area contributed by atoms with Gasteiger partial charge in [-0.05, 0) is 36.4 Å². The average molecular weight is 444 g/mol. The molecule has 2 aromatic carbocycles. The van der Waals surface area contributed by atoms with Crippen molar-refractivity contribution >= 4 is 40.5 Å². The van der Waals surface area contributed by atoms with Crippen LogP contribution < -0.4 is 11.1 Å². The number of nitrogens with one attached hydrogen (secondary N) is 1. The molecule has 4 N–H and O–H groups in total. The Morgan fingerprint density at radius 1 is 1.13 bits per heavy atom. The number of nitrogens with zero attached hydrogens (tertiary/aromatic N) is 5. The van der Waals surface area contributed by atoms with E-state index in [1.807, 2.05) is 0 Å². The number of hydrogen-bond acceptors (Lipinski definition) is 6. The molecule has 0 aliphatic heterocycles. The van der Waals surface area contributed by atoms with E-state index in [9.17, 15) is 9.90 Å². The van der Waals surface area contributed by atoms with Crippen molar-refractivity contribution in [3.63, 3.8) is 0 Å². The van der Waals surface area contributed by atoms with E-state index < -0.39 is 5.91 Å². The molecule has 4 aromatic rings. The maximum atomic E-state index is 11.9. The van der Waals surface area contributed by atoms with Gasteiger partial charge in [-0.3, -0.25) is 4.79 Å². The van der Waals surface area contributed by atoms with E-state index >= 15 is 0 Å². The summed E-state index contributed by atoms with van der Waals surface area (Å²) in [6, 6.07) is 12.2. The third kappa shape index (κ3) is 3.73. The van der Waals surface area contributed by atoms with Crippen LogP contribution in [0.25, 0.3) is 11.4 Å². The van der Waals surface area contributed by atoms with E-state index in [1.165, 1.54) is 15.7 Å². The summed E-state index contributed by atoms with van der Waals surface area (Å²) in [5.41, 5.74) is 7.76. The highest BCUT2D eigenvalue weighted by Crippen LogP contribution is 2.30. The third-order valence-electron chi connectivity index (χ3n) is 4.26. The molecule has 0 bridgehead atoms. The highest BCUT2D eigenvalue weighted by molar-refractivity contribution is 6.37. The number of para-hydroxylation sites is 1. The van der Waals surface area contributed by atoms with Crippen molar-refractivity contribution in [3.8, 4) is 11.4 Å². The Morgan fingerprint density at radius 2 is 1.83 bits per heavy atom. The molecule has 0 aliphatic carbocycles. The zero-order valence-electron chi connectivity index (χ0n) is 15.3. The second kappa shape index (κ2) is 8.15. The van der Waals surface area contributed by atoms with Crippen LogP contribution in [0.2, 0.25) is 10.0 Å². The van der Waals surface area contributed by atoms with E-state index in [4.69, 9.17) is 28.9 Å². The molecule has 0 atom stereocenters. The number of aliphatic hydroxyl groups excluding tert-OH is 1. The first-order valence-electron chi connectivity index (χ1n) is 8.69. The maximum absolute atomic E-state index is 11.9. The molecule has 2 aromatic heterocycles. The molecule has 152 valence electrons. The Bertz CT molecular complexity index is 1200. The molecule has 2 heterocycles. The number of rotatable bonds is 6. The number of halogens is 2.